The van der Waals surface area contributed by atoms with E-state index in [0.29, 0.717) is 11.7 Å². The number of nitrogens with one attached hydrogen (secondary N) is 1. The molecule has 0 aliphatic carbocycles. The van der Waals surface area contributed by atoms with Crippen molar-refractivity contribution >= 4 is 60.9 Å². The molecule has 1 amide bonds. The highest BCUT2D eigenvalue weighted by atomic mass is 79.9. The molecule has 0 saturated carbocycles. The van der Waals surface area contributed by atoms with E-state index in [0.717, 1.165) is 57.6 Å². The zero-order valence-corrected chi connectivity index (χ0v) is 22.3. The number of benzene rings is 2. The van der Waals surface area contributed by atoms with Crippen LogP contribution < -0.4 is 5.32 Å². The van der Waals surface area contributed by atoms with Crippen molar-refractivity contribution in [3.63, 3.8) is 0 Å². The smallest absolute Gasteiger partial charge is 0.234 e. The number of carbonyl (C=O) groups excluding carboxylic acids is 1. The second-order valence-electron chi connectivity index (χ2n) is 9.25. The SMILES string of the molecule is CC(C)N1CCC2(CC1)N=C(SCC(=O)Nc1cnc3ccccc3c1)C(c1ccc(Br)cc1)=N2. The zero-order valence-electron chi connectivity index (χ0n) is 19.9. The van der Waals surface area contributed by atoms with Crippen LogP contribution in [0.3, 0.4) is 0 Å². The van der Waals surface area contributed by atoms with Crippen LogP contribution in [0, 0.1) is 0 Å². The van der Waals surface area contributed by atoms with E-state index in [4.69, 9.17) is 9.98 Å². The Balaban J connectivity index is 1.31. The molecule has 3 heterocycles. The molecule has 1 N–H and O–H groups in total. The normalized spacial score (nSPS) is 17.6. The van der Waals surface area contributed by atoms with E-state index in [1.807, 2.05) is 42.5 Å². The summed E-state index contributed by atoms with van der Waals surface area (Å²) in [6.45, 7) is 6.42. The molecule has 1 aromatic heterocycles. The summed E-state index contributed by atoms with van der Waals surface area (Å²) in [5.41, 5.74) is 3.10. The number of hydrogen-bond donors (Lipinski definition) is 1. The molecular weight excluding hydrogens is 522 g/mol. The van der Waals surface area contributed by atoms with Crippen LogP contribution in [0.1, 0.15) is 32.3 Å². The van der Waals surface area contributed by atoms with Gasteiger partial charge in [0.25, 0.3) is 0 Å². The van der Waals surface area contributed by atoms with Gasteiger partial charge in [0.1, 0.15) is 5.04 Å². The van der Waals surface area contributed by atoms with E-state index in [1.54, 1.807) is 6.20 Å². The first-order valence-corrected chi connectivity index (χ1v) is 13.7. The van der Waals surface area contributed by atoms with Crippen molar-refractivity contribution < 1.29 is 4.79 Å². The average molecular weight is 551 g/mol. The molecule has 35 heavy (non-hydrogen) atoms. The Kier molecular flexibility index (Phi) is 7.05. The predicted molar refractivity (Wildman–Crippen MR) is 150 cm³/mol. The van der Waals surface area contributed by atoms with Crippen LogP contribution in [0.25, 0.3) is 10.9 Å². The molecule has 2 aromatic carbocycles. The maximum absolute atomic E-state index is 12.8. The third-order valence-corrected chi connectivity index (χ3v) is 7.99. The van der Waals surface area contributed by atoms with E-state index < -0.39 is 5.66 Å². The lowest BCUT2D eigenvalue weighted by atomic mass is 9.97. The van der Waals surface area contributed by atoms with Gasteiger partial charge in [0, 0.05) is 47.4 Å². The third-order valence-electron chi connectivity index (χ3n) is 6.49. The molecule has 0 unspecified atom stereocenters. The number of hydrogen-bond acceptors (Lipinski definition) is 6. The maximum Gasteiger partial charge on any atom is 0.234 e. The summed E-state index contributed by atoms with van der Waals surface area (Å²) in [5, 5.41) is 4.82. The summed E-state index contributed by atoms with van der Waals surface area (Å²) >= 11 is 4.98. The predicted octanol–water partition coefficient (Wildman–Crippen LogP) is 5.77. The molecule has 6 nitrogen and oxygen atoms in total. The number of carbonyl (C=O) groups is 1. The number of likely N-dealkylation sites (tertiary alicyclic amines) is 1. The lowest BCUT2D eigenvalue weighted by Gasteiger charge is -2.37. The molecule has 1 spiro atoms. The van der Waals surface area contributed by atoms with Crippen molar-refractivity contribution in [3.05, 3.63) is 70.8 Å². The molecule has 0 atom stereocenters. The van der Waals surface area contributed by atoms with Crippen molar-refractivity contribution in [2.24, 2.45) is 9.98 Å². The third kappa shape index (κ3) is 5.50. The Morgan fingerprint density at radius 2 is 1.86 bits per heavy atom. The summed E-state index contributed by atoms with van der Waals surface area (Å²) < 4.78 is 1.02. The minimum Gasteiger partial charge on any atom is -0.324 e. The topological polar surface area (TPSA) is 70.0 Å². The average Bonchev–Trinajstić information content (AvgIpc) is 3.21. The molecule has 2 aliphatic rings. The number of aliphatic imine (C=N–C) groups is 2. The highest BCUT2D eigenvalue weighted by Gasteiger charge is 2.40. The van der Waals surface area contributed by atoms with Gasteiger partial charge in [0.2, 0.25) is 5.91 Å². The molecule has 2 aliphatic heterocycles. The highest BCUT2D eigenvalue weighted by Crippen LogP contribution is 2.36. The second-order valence-corrected chi connectivity index (χ2v) is 11.1. The number of halogens is 1. The largest absolute Gasteiger partial charge is 0.324 e. The molecule has 1 fully saturated rings. The Labute approximate surface area is 218 Å². The molecule has 3 aromatic rings. The summed E-state index contributed by atoms with van der Waals surface area (Å²) in [4.78, 5) is 30.0. The highest BCUT2D eigenvalue weighted by molar-refractivity contribution is 9.10. The monoisotopic (exact) mass is 549 g/mol. The zero-order chi connectivity index (χ0) is 24.4. The minimum absolute atomic E-state index is 0.0829. The Hall–Kier alpha value is -2.55. The van der Waals surface area contributed by atoms with Crippen molar-refractivity contribution in [2.45, 2.75) is 38.4 Å². The maximum atomic E-state index is 12.8. The van der Waals surface area contributed by atoms with Gasteiger partial charge in [-0.05, 0) is 38.1 Å². The Bertz CT molecular complexity index is 1300. The molecule has 0 bridgehead atoms. The van der Waals surface area contributed by atoms with Gasteiger partial charge in [0.05, 0.1) is 28.9 Å². The van der Waals surface area contributed by atoms with Crippen molar-refractivity contribution in [2.75, 3.05) is 24.2 Å². The van der Waals surface area contributed by atoms with Crippen LogP contribution >= 0.6 is 27.7 Å². The van der Waals surface area contributed by atoms with E-state index in [2.05, 4.69) is 57.1 Å². The summed E-state index contributed by atoms with van der Waals surface area (Å²) in [7, 11) is 0. The van der Waals surface area contributed by atoms with Crippen LogP contribution in [0.4, 0.5) is 5.69 Å². The molecule has 0 radical (unpaired) electrons. The van der Waals surface area contributed by atoms with E-state index in [9.17, 15) is 4.79 Å². The lowest BCUT2D eigenvalue weighted by Crippen LogP contribution is -2.44. The van der Waals surface area contributed by atoms with Gasteiger partial charge >= 0.3 is 0 Å². The van der Waals surface area contributed by atoms with Crippen LogP contribution in [-0.2, 0) is 4.79 Å². The fraction of sp³-hybridized carbons (Fsp3) is 0.333. The molecule has 180 valence electrons. The van der Waals surface area contributed by atoms with Gasteiger partial charge in [-0.3, -0.25) is 14.8 Å². The van der Waals surface area contributed by atoms with Crippen LogP contribution in [-0.4, -0.2) is 57.1 Å². The minimum atomic E-state index is -0.422. The van der Waals surface area contributed by atoms with E-state index >= 15 is 0 Å². The van der Waals surface area contributed by atoms with Crippen molar-refractivity contribution in [3.8, 4) is 0 Å². The summed E-state index contributed by atoms with van der Waals surface area (Å²) in [5.74, 6) is 0.176. The number of nitrogens with zero attached hydrogens (tertiary/aromatic N) is 4. The summed E-state index contributed by atoms with van der Waals surface area (Å²) in [6.07, 6.45) is 3.48. The first-order chi connectivity index (χ1) is 16.9. The molecule has 5 rings (SSSR count). The first-order valence-electron chi connectivity index (χ1n) is 11.9. The van der Waals surface area contributed by atoms with Crippen LogP contribution in [0.5, 0.6) is 0 Å². The Morgan fingerprint density at radius 1 is 1.11 bits per heavy atom. The van der Waals surface area contributed by atoms with Crippen LogP contribution in [0.2, 0.25) is 0 Å². The van der Waals surface area contributed by atoms with Crippen molar-refractivity contribution in [1.82, 2.24) is 9.88 Å². The number of para-hydroxylation sites is 1. The van der Waals surface area contributed by atoms with E-state index in [1.165, 1.54) is 11.8 Å². The van der Waals surface area contributed by atoms with Gasteiger partial charge in [-0.1, -0.05) is 58.0 Å². The fourth-order valence-corrected chi connectivity index (χ4v) is 5.65. The number of aromatic nitrogens is 1. The quantitative estimate of drug-likeness (QED) is 0.438. The summed E-state index contributed by atoms with van der Waals surface area (Å²) in [6, 6.07) is 18.5. The van der Waals surface area contributed by atoms with E-state index in [-0.39, 0.29) is 11.7 Å². The van der Waals surface area contributed by atoms with Gasteiger partial charge in [-0.15, -0.1) is 0 Å². The molecule has 8 heteroatoms. The number of anilines is 1. The number of amides is 1. The number of piperidine rings is 1. The lowest BCUT2D eigenvalue weighted by molar-refractivity contribution is -0.113. The molecule has 1 saturated heterocycles. The molecular formula is C27H28BrN5OS. The number of rotatable bonds is 5. The fourth-order valence-electron chi connectivity index (χ4n) is 4.51. The van der Waals surface area contributed by atoms with Gasteiger partial charge in [-0.2, -0.15) is 0 Å². The first kappa shape index (κ1) is 24.2. The number of fused-ring (bicyclic) bond motifs is 1. The van der Waals surface area contributed by atoms with Gasteiger partial charge < -0.3 is 10.2 Å². The van der Waals surface area contributed by atoms with Crippen LogP contribution in [0.15, 0.2) is 75.3 Å². The number of thioether (sulfide) groups is 1. The number of pyridine rings is 1. The standard InChI is InChI=1S/C27H28BrN5OS/c1-18(2)33-13-11-27(12-14-33)31-25(19-7-9-21(28)10-8-19)26(32-27)35-17-24(34)30-22-15-20-5-3-4-6-23(20)29-16-22/h3-10,15-16,18H,11-14,17H2,1-2H3,(H,30,34). The second kappa shape index (κ2) is 10.2. The van der Waals surface area contributed by atoms with Gasteiger partial charge in [-0.25, -0.2) is 4.99 Å². The van der Waals surface area contributed by atoms with Crippen molar-refractivity contribution in [1.29, 1.82) is 0 Å². The Morgan fingerprint density at radius 3 is 2.60 bits per heavy atom. The van der Waals surface area contributed by atoms with Gasteiger partial charge in [0.15, 0.2) is 5.66 Å².